The normalized spacial score (nSPS) is 10.6. The molecule has 0 radical (unpaired) electrons. The highest BCUT2D eigenvalue weighted by atomic mass is 16.5. The van der Waals surface area contributed by atoms with E-state index in [1.165, 1.54) is 0 Å². The van der Waals surface area contributed by atoms with Gasteiger partial charge < -0.3 is 23.2 Å². The predicted octanol–water partition coefficient (Wildman–Crippen LogP) is 3.33. The molecule has 2 heterocycles. The Labute approximate surface area is 132 Å². The largest absolute Gasteiger partial charge is 0.493 e. The first kappa shape index (κ1) is 15.0. The number of nitrogens with zero attached hydrogens (tertiary/aromatic N) is 2. The minimum Gasteiger partial charge on any atom is -0.493 e. The molecule has 3 rings (SSSR count). The van der Waals surface area contributed by atoms with Gasteiger partial charge in [-0.15, -0.1) is 0 Å². The van der Waals surface area contributed by atoms with Gasteiger partial charge in [-0.05, 0) is 25.1 Å². The van der Waals surface area contributed by atoms with Gasteiger partial charge in [-0.1, -0.05) is 5.16 Å². The summed E-state index contributed by atoms with van der Waals surface area (Å²) in [6.45, 7) is 1.85. The molecule has 0 aliphatic heterocycles. The molecule has 0 fully saturated rings. The Balaban J connectivity index is 2.03. The van der Waals surface area contributed by atoms with Gasteiger partial charge >= 0.3 is 0 Å². The first-order valence-corrected chi connectivity index (χ1v) is 6.86. The zero-order valence-corrected chi connectivity index (χ0v) is 13.2. The van der Waals surface area contributed by atoms with Crippen LogP contribution < -0.4 is 14.2 Å². The van der Waals surface area contributed by atoms with Gasteiger partial charge in [0, 0.05) is 5.56 Å². The van der Waals surface area contributed by atoms with Gasteiger partial charge in [-0.2, -0.15) is 4.98 Å². The molecule has 7 nitrogen and oxygen atoms in total. The van der Waals surface area contributed by atoms with Crippen molar-refractivity contribution in [1.29, 1.82) is 0 Å². The van der Waals surface area contributed by atoms with Crippen LogP contribution in [0.1, 0.15) is 5.76 Å². The van der Waals surface area contributed by atoms with E-state index in [1.807, 2.05) is 13.0 Å². The molecule has 0 unspecified atom stereocenters. The third kappa shape index (κ3) is 2.73. The number of rotatable bonds is 5. The maximum Gasteiger partial charge on any atom is 0.261 e. The summed E-state index contributed by atoms with van der Waals surface area (Å²) in [7, 11) is 4.65. The average molecular weight is 316 g/mol. The van der Waals surface area contributed by atoms with E-state index in [0.717, 1.165) is 11.3 Å². The van der Waals surface area contributed by atoms with Crippen molar-refractivity contribution >= 4 is 0 Å². The van der Waals surface area contributed by atoms with E-state index in [-0.39, 0.29) is 0 Å². The van der Waals surface area contributed by atoms with E-state index in [9.17, 15) is 0 Å². The zero-order chi connectivity index (χ0) is 16.4. The molecule has 0 atom stereocenters. The molecular formula is C16H16N2O5. The summed E-state index contributed by atoms with van der Waals surface area (Å²) < 4.78 is 26.5. The van der Waals surface area contributed by atoms with Crippen LogP contribution in [0.2, 0.25) is 0 Å². The zero-order valence-electron chi connectivity index (χ0n) is 13.2. The predicted molar refractivity (Wildman–Crippen MR) is 81.8 cm³/mol. The second-order valence-corrected chi connectivity index (χ2v) is 4.78. The lowest BCUT2D eigenvalue weighted by Gasteiger charge is -2.12. The molecule has 0 saturated carbocycles. The molecule has 1 aromatic carbocycles. The second-order valence-electron chi connectivity index (χ2n) is 4.78. The first-order valence-electron chi connectivity index (χ1n) is 6.86. The Hall–Kier alpha value is -2.96. The molecule has 0 aliphatic rings. The summed E-state index contributed by atoms with van der Waals surface area (Å²) in [6, 6.07) is 5.35. The quantitative estimate of drug-likeness (QED) is 0.714. The Bertz CT molecular complexity index is 796. The summed E-state index contributed by atoms with van der Waals surface area (Å²) in [5, 5.41) is 4.00. The Kier molecular flexibility index (Phi) is 3.92. The van der Waals surface area contributed by atoms with Gasteiger partial charge in [0.2, 0.25) is 11.6 Å². The molecule has 0 N–H and O–H groups in total. The van der Waals surface area contributed by atoms with Crippen molar-refractivity contribution in [2.75, 3.05) is 21.3 Å². The number of methoxy groups -OCH3 is 3. The summed E-state index contributed by atoms with van der Waals surface area (Å²) in [6.07, 6.45) is 1.57. The molecule has 0 aliphatic carbocycles. The molecule has 7 heteroatoms. The van der Waals surface area contributed by atoms with Crippen molar-refractivity contribution in [2.45, 2.75) is 6.92 Å². The number of furan rings is 1. The third-order valence-corrected chi connectivity index (χ3v) is 3.33. The Morgan fingerprint density at radius 1 is 0.913 bits per heavy atom. The van der Waals surface area contributed by atoms with E-state index in [2.05, 4.69) is 10.1 Å². The van der Waals surface area contributed by atoms with Gasteiger partial charge in [0.25, 0.3) is 5.89 Å². The van der Waals surface area contributed by atoms with Crippen LogP contribution in [0.15, 0.2) is 33.4 Å². The van der Waals surface area contributed by atoms with Crippen LogP contribution in [0.5, 0.6) is 17.2 Å². The standard InChI is InChI=1S/C16H16N2O5/c1-9-5-11(8-22-9)16-17-15(18-23-16)10-6-12(19-2)14(21-4)13(7-10)20-3/h5-8H,1-4H3. The fourth-order valence-electron chi connectivity index (χ4n) is 2.22. The van der Waals surface area contributed by atoms with Crippen LogP contribution >= 0.6 is 0 Å². The summed E-state index contributed by atoms with van der Waals surface area (Å²) in [5.41, 5.74) is 1.42. The maximum absolute atomic E-state index is 5.33. The second kappa shape index (κ2) is 6.04. The lowest BCUT2D eigenvalue weighted by atomic mass is 10.1. The number of aromatic nitrogens is 2. The highest BCUT2D eigenvalue weighted by Crippen LogP contribution is 2.40. The number of hydrogen-bond donors (Lipinski definition) is 0. The fourth-order valence-corrected chi connectivity index (χ4v) is 2.22. The number of benzene rings is 1. The van der Waals surface area contributed by atoms with Gasteiger partial charge in [0.15, 0.2) is 11.5 Å². The lowest BCUT2D eigenvalue weighted by Crippen LogP contribution is -1.96. The summed E-state index contributed by atoms with van der Waals surface area (Å²) >= 11 is 0. The van der Waals surface area contributed by atoms with Crippen molar-refractivity contribution < 1.29 is 23.2 Å². The van der Waals surface area contributed by atoms with Crippen molar-refractivity contribution in [1.82, 2.24) is 10.1 Å². The average Bonchev–Trinajstić information content (AvgIpc) is 3.22. The van der Waals surface area contributed by atoms with Crippen molar-refractivity contribution in [2.24, 2.45) is 0 Å². The minimum atomic E-state index is 0.380. The van der Waals surface area contributed by atoms with Crippen LogP contribution in [-0.2, 0) is 0 Å². The number of aryl methyl sites for hydroxylation is 1. The molecule has 23 heavy (non-hydrogen) atoms. The van der Waals surface area contributed by atoms with Crippen molar-refractivity contribution in [3.63, 3.8) is 0 Å². The molecule has 0 bridgehead atoms. The van der Waals surface area contributed by atoms with E-state index < -0.39 is 0 Å². The van der Waals surface area contributed by atoms with E-state index >= 15 is 0 Å². The first-order chi connectivity index (χ1) is 11.2. The number of ether oxygens (including phenoxy) is 3. The maximum atomic E-state index is 5.33. The Morgan fingerprint density at radius 3 is 2.13 bits per heavy atom. The fraction of sp³-hybridized carbons (Fsp3) is 0.250. The van der Waals surface area contributed by atoms with Gasteiger partial charge in [-0.25, -0.2) is 0 Å². The molecule has 120 valence electrons. The van der Waals surface area contributed by atoms with Crippen LogP contribution in [0.3, 0.4) is 0 Å². The monoisotopic (exact) mass is 316 g/mol. The van der Waals surface area contributed by atoms with E-state index in [4.69, 9.17) is 23.2 Å². The molecular weight excluding hydrogens is 300 g/mol. The van der Waals surface area contributed by atoms with Gasteiger partial charge in [-0.3, -0.25) is 0 Å². The lowest BCUT2D eigenvalue weighted by molar-refractivity contribution is 0.324. The van der Waals surface area contributed by atoms with Crippen LogP contribution in [0, 0.1) is 6.92 Å². The van der Waals surface area contributed by atoms with Crippen molar-refractivity contribution in [3.8, 4) is 40.1 Å². The molecule has 0 amide bonds. The minimum absolute atomic E-state index is 0.380. The molecule has 0 spiro atoms. The topological polar surface area (TPSA) is 79.8 Å². The smallest absolute Gasteiger partial charge is 0.261 e. The van der Waals surface area contributed by atoms with Gasteiger partial charge in [0.05, 0.1) is 26.9 Å². The van der Waals surface area contributed by atoms with Crippen LogP contribution in [-0.4, -0.2) is 31.5 Å². The SMILES string of the molecule is COc1cc(-c2noc(-c3coc(C)c3)n2)cc(OC)c1OC. The third-order valence-electron chi connectivity index (χ3n) is 3.33. The molecule has 2 aromatic heterocycles. The van der Waals surface area contributed by atoms with Crippen LogP contribution in [0.4, 0.5) is 0 Å². The number of hydrogen-bond acceptors (Lipinski definition) is 7. The van der Waals surface area contributed by atoms with E-state index in [0.29, 0.717) is 34.5 Å². The highest BCUT2D eigenvalue weighted by molar-refractivity contribution is 5.67. The van der Waals surface area contributed by atoms with Gasteiger partial charge in [0.1, 0.15) is 12.0 Å². The highest BCUT2D eigenvalue weighted by Gasteiger charge is 2.18. The summed E-state index contributed by atoms with van der Waals surface area (Å²) in [4.78, 5) is 4.38. The van der Waals surface area contributed by atoms with Crippen LogP contribution in [0.25, 0.3) is 22.8 Å². The van der Waals surface area contributed by atoms with Crippen molar-refractivity contribution in [3.05, 3.63) is 30.2 Å². The molecule has 0 saturated heterocycles. The Morgan fingerprint density at radius 2 is 1.61 bits per heavy atom. The summed E-state index contributed by atoms with van der Waals surface area (Å²) in [5.74, 6) is 3.11. The van der Waals surface area contributed by atoms with E-state index in [1.54, 1.807) is 39.7 Å². The molecule has 3 aromatic rings.